The fourth-order valence-corrected chi connectivity index (χ4v) is 0.941. The first-order valence-electron chi connectivity index (χ1n) is 5.02. The van der Waals surface area contributed by atoms with Gasteiger partial charge in [0.1, 0.15) is 6.61 Å². The van der Waals surface area contributed by atoms with Crippen molar-refractivity contribution in [1.82, 2.24) is 15.0 Å². The van der Waals surface area contributed by atoms with E-state index in [4.69, 9.17) is 4.74 Å². The van der Waals surface area contributed by atoms with Gasteiger partial charge in [-0.15, -0.1) is 0 Å². The smallest absolute Gasteiger partial charge is 0.323 e. The Morgan fingerprint density at radius 1 is 1.31 bits per heavy atom. The van der Waals surface area contributed by atoms with Crippen LogP contribution < -0.4 is 15.0 Å². The van der Waals surface area contributed by atoms with Gasteiger partial charge in [-0.05, 0) is 6.92 Å². The van der Waals surface area contributed by atoms with Crippen LogP contribution in [-0.2, 0) is 0 Å². The number of allylic oxidation sites excluding steroid dienone is 1. The predicted molar refractivity (Wildman–Crippen MR) is 64.0 cm³/mol. The van der Waals surface area contributed by atoms with Crippen LogP contribution in [0.5, 0.6) is 6.01 Å². The summed E-state index contributed by atoms with van der Waals surface area (Å²) in [6.45, 7) is 2.39. The van der Waals surface area contributed by atoms with Gasteiger partial charge in [-0.3, -0.25) is 0 Å². The van der Waals surface area contributed by atoms with E-state index in [1.807, 2.05) is 33.2 Å². The lowest BCUT2D eigenvalue weighted by molar-refractivity contribution is 0.332. The highest BCUT2D eigenvalue weighted by molar-refractivity contribution is 5.36. The molecule has 6 heteroatoms. The van der Waals surface area contributed by atoms with Crippen LogP contribution in [0.15, 0.2) is 12.2 Å². The molecule has 0 amide bonds. The number of hydrogen-bond acceptors (Lipinski definition) is 6. The van der Waals surface area contributed by atoms with Crippen LogP contribution in [0.2, 0.25) is 0 Å². The summed E-state index contributed by atoms with van der Waals surface area (Å²) in [4.78, 5) is 14.2. The van der Waals surface area contributed by atoms with E-state index >= 15 is 0 Å². The van der Waals surface area contributed by atoms with Gasteiger partial charge in [0, 0.05) is 21.1 Å². The van der Waals surface area contributed by atoms with Crippen molar-refractivity contribution in [2.75, 3.05) is 38.0 Å². The number of anilines is 2. The number of hydrogen-bond donors (Lipinski definition) is 1. The first-order valence-corrected chi connectivity index (χ1v) is 5.02. The molecule has 1 heterocycles. The summed E-state index contributed by atoms with van der Waals surface area (Å²) in [5.74, 6) is 1.06. The molecule has 0 radical (unpaired) electrons. The molecule has 16 heavy (non-hydrogen) atoms. The lowest BCUT2D eigenvalue weighted by Crippen LogP contribution is -2.15. The van der Waals surface area contributed by atoms with E-state index in [1.165, 1.54) is 0 Å². The van der Waals surface area contributed by atoms with E-state index in [1.54, 1.807) is 11.9 Å². The van der Waals surface area contributed by atoms with Crippen LogP contribution in [0.25, 0.3) is 0 Å². The van der Waals surface area contributed by atoms with Gasteiger partial charge >= 0.3 is 6.01 Å². The first kappa shape index (κ1) is 12.2. The maximum Gasteiger partial charge on any atom is 0.323 e. The first-order chi connectivity index (χ1) is 7.67. The van der Waals surface area contributed by atoms with Crippen LogP contribution >= 0.6 is 0 Å². The highest BCUT2D eigenvalue weighted by Crippen LogP contribution is 2.12. The summed E-state index contributed by atoms with van der Waals surface area (Å²) in [5, 5.41) is 2.87. The SMILES string of the molecule is C/C=C/COc1nc(NC)nc(N(C)C)n1. The molecule has 0 aliphatic rings. The van der Waals surface area contributed by atoms with Gasteiger partial charge in [0.05, 0.1) is 0 Å². The van der Waals surface area contributed by atoms with Crippen molar-refractivity contribution in [1.29, 1.82) is 0 Å². The predicted octanol–water partition coefficient (Wildman–Crippen LogP) is 0.934. The molecule has 1 aromatic rings. The lowest BCUT2D eigenvalue weighted by Gasteiger charge is -2.12. The molecule has 0 saturated carbocycles. The Labute approximate surface area is 95.4 Å². The molecule has 0 unspecified atom stereocenters. The van der Waals surface area contributed by atoms with Crippen LogP contribution in [0.4, 0.5) is 11.9 Å². The van der Waals surface area contributed by atoms with Gasteiger partial charge in [0.25, 0.3) is 0 Å². The second kappa shape index (κ2) is 5.89. The summed E-state index contributed by atoms with van der Waals surface area (Å²) in [6.07, 6.45) is 3.80. The van der Waals surface area contributed by atoms with Crippen LogP contribution in [0, 0.1) is 0 Å². The minimum atomic E-state index is 0.321. The third kappa shape index (κ3) is 3.38. The Balaban J connectivity index is 2.86. The summed E-state index contributed by atoms with van der Waals surface area (Å²) >= 11 is 0. The molecule has 0 fully saturated rings. The Kier molecular flexibility index (Phi) is 4.50. The van der Waals surface area contributed by atoms with E-state index in [-0.39, 0.29) is 0 Å². The molecule has 88 valence electrons. The van der Waals surface area contributed by atoms with Crippen LogP contribution in [0.1, 0.15) is 6.92 Å². The van der Waals surface area contributed by atoms with Crippen molar-refractivity contribution in [3.8, 4) is 6.01 Å². The summed E-state index contributed by atoms with van der Waals surface area (Å²) in [5.41, 5.74) is 0. The average Bonchev–Trinajstić information content (AvgIpc) is 2.29. The van der Waals surface area contributed by atoms with Crippen molar-refractivity contribution >= 4 is 11.9 Å². The normalized spacial score (nSPS) is 10.5. The molecule has 0 aromatic carbocycles. The largest absolute Gasteiger partial charge is 0.459 e. The molecular formula is C10H17N5O. The zero-order valence-electron chi connectivity index (χ0n) is 10.1. The Bertz CT molecular complexity index is 364. The van der Waals surface area contributed by atoms with E-state index in [0.29, 0.717) is 24.5 Å². The van der Waals surface area contributed by atoms with Gasteiger partial charge in [-0.1, -0.05) is 12.2 Å². The minimum Gasteiger partial charge on any atom is -0.459 e. The van der Waals surface area contributed by atoms with Gasteiger partial charge in [-0.2, -0.15) is 15.0 Å². The number of nitrogens with one attached hydrogen (secondary N) is 1. The average molecular weight is 223 g/mol. The van der Waals surface area contributed by atoms with Crippen molar-refractivity contribution in [3.05, 3.63) is 12.2 Å². The van der Waals surface area contributed by atoms with E-state index in [2.05, 4.69) is 20.3 Å². The quantitative estimate of drug-likeness (QED) is 0.749. The van der Waals surface area contributed by atoms with Crippen molar-refractivity contribution in [3.63, 3.8) is 0 Å². The van der Waals surface area contributed by atoms with Gasteiger partial charge in [0.2, 0.25) is 11.9 Å². The van der Waals surface area contributed by atoms with Crippen molar-refractivity contribution < 1.29 is 4.74 Å². The summed E-state index contributed by atoms with van der Waals surface area (Å²) in [7, 11) is 5.49. The maximum atomic E-state index is 5.36. The fraction of sp³-hybridized carbons (Fsp3) is 0.500. The second-order valence-electron chi connectivity index (χ2n) is 3.27. The van der Waals surface area contributed by atoms with E-state index in [0.717, 1.165) is 0 Å². The lowest BCUT2D eigenvalue weighted by atomic mass is 10.6. The molecule has 6 nitrogen and oxygen atoms in total. The highest BCUT2D eigenvalue weighted by atomic mass is 16.5. The molecule has 0 aliphatic carbocycles. The molecule has 0 atom stereocenters. The molecule has 0 spiro atoms. The summed E-state index contributed by atoms with van der Waals surface area (Å²) < 4.78 is 5.36. The topological polar surface area (TPSA) is 63.2 Å². The molecule has 0 bridgehead atoms. The Hall–Kier alpha value is -1.85. The third-order valence-corrected chi connectivity index (χ3v) is 1.77. The zero-order valence-corrected chi connectivity index (χ0v) is 10.1. The monoisotopic (exact) mass is 223 g/mol. The molecule has 1 aromatic heterocycles. The van der Waals surface area contributed by atoms with E-state index in [9.17, 15) is 0 Å². The number of aromatic nitrogens is 3. The van der Waals surface area contributed by atoms with Crippen molar-refractivity contribution in [2.24, 2.45) is 0 Å². The highest BCUT2D eigenvalue weighted by Gasteiger charge is 2.07. The Morgan fingerprint density at radius 2 is 2.06 bits per heavy atom. The standard InChI is InChI=1S/C10H17N5O/c1-5-6-7-16-10-13-8(11-2)12-9(14-10)15(3)4/h5-6H,7H2,1-4H3,(H,11,12,13,14)/b6-5+. The maximum absolute atomic E-state index is 5.36. The number of nitrogens with zero attached hydrogens (tertiary/aromatic N) is 4. The van der Waals surface area contributed by atoms with Crippen LogP contribution in [0.3, 0.4) is 0 Å². The van der Waals surface area contributed by atoms with Gasteiger partial charge in [-0.25, -0.2) is 0 Å². The molecule has 0 aliphatic heterocycles. The van der Waals surface area contributed by atoms with E-state index < -0.39 is 0 Å². The third-order valence-electron chi connectivity index (χ3n) is 1.77. The zero-order chi connectivity index (χ0) is 12.0. The Morgan fingerprint density at radius 3 is 2.62 bits per heavy atom. The van der Waals surface area contributed by atoms with Gasteiger partial charge < -0.3 is 15.0 Å². The summed E-state index contributed by atoms with van der Waals surface area (Å²) in [6, 6.07) is 0.321. The molecule has 1 N–H and O–H groups in total. The molecule has 0 saturated heterocycles. The minimum absolute atomic E-state index is 0.321. The fourth-order valence-electron chi connectivity index (χ4n) is 0.941. The van der Waals surface area contributed by atoms with Gasteiger partial charge in [0.15, 0.2) is 0 Å². The molecule has 1 rings (SSSR count). The second-order valence-corrected chi connectivity index (χ2v) is 3.27. The molecular weight excluding hydrogens is 206 g/mol. The number of rotatable bonds is 5. The van der Waals surface area contributed by atoms with Crippen LogP contribution in [-0.4, -0.2) is 42.7 Å². The van der Waals surface area contributed by atoms with Crippen molar-refractivity contribution in [2.45, 2.75) is 6.92 Å². The number of ether oxygens (including phenoxy) is 1.